The summed E-state index contributed by atoms with van der Waals surface area (Å²) in [5.41, 5.74) is 1.77. The second-order valence-electron chi connectivity index (χ2n) is 7.14. The summed E-state index contributed by atoms with van der Waals surface area (Å²) in [6.07, 6.45) is 2.30. The van der Waals surface area contributed by atoms with Crippen molar-refractivity contribution in [1.29, 1.82) is 0 Å². The van der Waals surface area contributed by atoms with Gasteiger partial charge in [0.15, 0.2) is 0 Å². The van der Waals surface area contributed by atoms with Gasteiger partial charge in [0.1, 0.15) is 0 Å². The fraction of sp³-hybridized carbons (Fsp3) is 0.650. The third kappa shape index (κ3) is 6.67. The fourth-order valence-electron chi connectivity index (χ4n) is 3.07. The highest BCUT2D eigenvalue weighted by molar-refractivity contribution is 5.89. The van der Waals surface area contributed by atoms with E-state index in [0.717, 1.165) is 52.2 Å². The molecule has 0 aliphatic carbocycles. The topological polar surface area (TPSA) is 50.8 Å². The summed E-state index contributed by atoms with van der Waals surface area (Å²) in [7, 11) is 1.41. The number of benzene rings is 1. The second-order valence-corrected chi connectivity index (χ2v) is 7.14. The van der Waals surface area contributed by atoms with Crippen LogP contribution in [0.5, 0.6) is 0 Å². The Morgan fingerprint density at radius 1 is 1.24 bits per heavy atom. The molecule has 0 amide bonds. The number of piperidine rings is 1. The minimum absolute atomic E-state index is 0.287. The molecule has 2 rings (SSSR count). The normalized spacial score (nSPS) is 15.6. The van der Waals surface area contributed by atoms with E-state index >= 15 is 0 Å². The molecule has 0 radical (unpaired) electrons. The Morgan fingerprint density at radius 2 is 1.92 bits per heavy atom. The third-order valence-corrected chi connectivity index (χ3v) is 4.60. The largest absolute Gasteiger partial charge is 0.465 e. The van der Waals surface area contributed by atoms with Crippen LogP contribution < -0.4 is 10.2 Å². The molecule has 0 saturated carbocycles. The first-order chi connectivity index (χ1) is 12.1. The van der Waals surface area contributed by atoms with Crippen LogP contribution in [0.4, 0.5) is 5.69 Å². The van der Waals surface area contributed by atoms with Gasteiger partial charge in [-0.25, -0.2) is 4.79 Å². The quantitative estimate of drug-likeness (QED) is 0.549. The number of rotatable bonds is 9. The molecule has 1 aliphatic heterocycles. The molecule has 0 aromatic heterocycles. The van der Waals surface area contributed by atoms with Gasteiger partial charge in [-0.1, -0.05) is 13.8 Å². The zero-order valence-electron chi connectivity index (χ0n) is 15.8. The molecule has 0 spiro atoms. The van der Waals surface area contributed by atoms with Crippen molar-refractivity contribution in [2.45, 2.75) is 26.7 Å². The van der Waals surface area contributed by atoms with Crippen LogP contribution in [0.1, 0.15) is 37.0 Å². The molecule has 1 heterocycles. The first-order valence-electron chi connectivity index (χ1n) is 9.32. The molecule has 140 valence electrons. The lowest BCUT2D eigenvalue weighted by molar-refractivity contribution is 0.0600. The van der Waals surface area contributed by atoms with Gasteiger partial charge in [0.2, 0.25) is 0 Å². The van der Waals surface area contributed by atoms with Gasteiger partial charge in [0, 0.05) is 31.9 Å². The Bertz CT molecular complexity index is 508. The predicted octanol–water partition coefficient (Wildman–Crippen LogP) is 2.95. The predicted molar refractivity (Wildman–Crippen MR) is 101 cm³/mol. The molecule has 0 unspecified atom stereocenters. The summed E-state index contributed by atoms with van der Waals surface area (Å²) in [5.74, 6) is 1.05. The highest BCUT2D eigenvalue weighted by Crippen LogP contribution is 2.24. The van der Waals surface area contributed by atoms with Crippen molar-refractivity contribution in [2.75, 3.05) is 51.4 Å². The zero-order chi connectivity index (χ0) is 18.1. The van der Waals surface area contributed by atoms with Crippen molar-refractivity contribution in [3.63, 3.8) is 0 Å². The summed E-state index contributed by atoms with van der Waals surface area (Å²) < 4.78 is 10.6. The van der Waals surface area contributed by atoms with Gasteiger partial charge in [-0.2, -0.15) is 0 Å². The highest BCUT2D eigenvalue weighted by Gasteiger charge is 2.19. The second kappa shape index (κ2) is 10.4. The van der Waals surface area contributed by atoms with Crippen LogP contribution in [-0.2, 0) is 9.47 Å². The van der Waals surface area contributed by atoms with Crippen molar-refractivity contribution >= 4 is 11.7 Å². The molecule has 5 heteroatoms. The zero-order valence-corrected chi connectivity index (χ0v) is 15.8. The third-order valence-electron chi connectivity index (χ3n) is 4.60. The maximum atomic E-state index is 11.5. The molecule has 1 N–H and O–H groups in total. The van der Waals surface area contributed by atoms with E-state index in [0.29, 0.717) is 17.4 Å². The highest BCUT2D eigenvalue weighted by atomic mass is 16.5. The number of hydrogen-bond donors (Lipinski definition) is 1. The number of carbonyl (C=O) groups is 1. The monoisotopic (exact) mass is 348 g/mol. The van der Waals surface area contributed by atoms with Crippen LogP contribution in [0.15, 0.2) is 24.3 Å². The Kier molecular flexibility index (Phi) is 8.22. The van der Waals surface area contributed by atoms with Crippen LogP contribution in [0.3, 0.4) is 0 Å². The summed E-state index contributed by atoms with van der Waals surface area (Å²) in [4.78, 5) is 13.9. The lowest BCUT2D eigenvalue weighted by Gasteiger charge is -2.33. The molecule has 1 aliphatic rings. The van der Waals surface area contributed by atoms with E-state index in [-0.39, 0.29) is 5.97 Å². The van der Waals surface area contributed by atoms with Crippen molar-refractivity contribution in [3.05, 3.63) is 29.8 Å². The van der Waals surface area contributed by atoms with Crippen molar-refractivity contribution < 1.29 is 14.3 Å². The summed E-state index contributed by atoms with van der Waals surface area (Å²) >= 11 is 0. The van der Waals surface area contributed by atoms with E-state index in [9.17, 15) is 4.79 Å². The van der Waals surface area contributed by atoms with Gasteiger partial charge in [-0.15, -0.1) is 0 Å². The van der Waals surface area contributed by atoms with Crippen LogP contribution in [0.2, 0.25) is 0 Å². The maximum Gasteiger partial charge on any atom is 0.337 e. The molecule has 25 heavy (non-hydrogen) atoms. The van der Waals surface area contributed by atoms with E-state index in [2.05, 4.69) is 24.1 Å². The van der Waals surface area contributed by atoms with Crippen LogP contribution in [0, 0.1) is 11.8 Å². The molecule has 5 nitrogen and oxygen atoms in total. The number of esters is 1. The van der Waals surface area contributed by atoms with Crippen molar-refractivity contribution in [2.24, 2.45) is 11.8 Å². The number of anilines is 1. The molecule has 1 aromatic carbocycles. The average molecular weight is 348 g/mol. The van der Waals surface area contributed by atoms with Gasteiger partial charge in [0.25, 0.3) is 0 Å². The number of nitrogens with one attached hydrogen (secondary N) is 1. The Labute approximate surface area is 151 Å². The molecule has 1 saturated heterocycles. The number of ether oxygens (including phenoxy) is 2. The van der Waals surface area contributed by atoms with Crippen LogP contribution in [0.25, 0.3) is 0 Å². The molecular formula is C20H32N2O3. The van der Waals surface area contributed by atoms with Gasteiger partial charge >= 0.3 is 5.97 Å². The number of hydrogen-bond acceptors (Lipinski definition) is 5. The first-order valence-corrected chi connectivity index (χ1v) is 9.32. The summed E-state index contributed by atoms with van der Waals surface area (Å²) in [6.45, 7) is 10.1. The van der Waals surface area contributed by atoms with Crippen LogP contribution >= 0.6 is 0 Å². The minimum atomic E-state index is -0.287. The van der Waals surface area contributed by atoms with E-state index < -0.39 is 0 Å². The van der Waals surface area contributed by atoms with E-state index in [4.69, 9.17) is 9.47 Å². The average Bonchev–Trinajstić information content (AvgIpc) is 2.64. The summed E-state index contributed by atoms with van der Waals surface area (Å²) in [5, 5.41) is 3.40. The van der Waals surface area contributed by atoms with E-state index in [1.54, 1.807) is 0 Å². The maximum absolute atomic E-state index is 11.5. The minimum Gasteiger partial charge on any atom is -0.465 e. The molecule has 1 fully saturated rings. The van der Waals surface area contributed by atoms with Gasteiger partial charge in [-0.3, -0.25) is 0 Å². The number of nitrogens with zero attached hydrogens (tertiary/aromatic N) is 1. The lowest BCUT2D eigenvalue weighted by atomic mass is 9.97. The standard InChI is InChI=1S/C20H32N2O3/c1-16(2)14-21-10-13-25-15-17-8-11-22(12-9-17)19-6-4-18(5-7-19)20(23)24-3/h4-7,16-17,21H,8-15H2,1-3H3. The molecule has 1 aromatic rings. The van der Waals surface area contributed by atoms with E-state index in [1.165, 1.54) is 12.8 Å². The fourth-order valence-corrected chi connectivity index (χ4v) is 3.07. The van der Waals surface area contributed by atoms with Crippen LogP contribution in [-0.4, -0.2) is 52.5 Å². The van der Waals surface area contributed by atoms with Gasteiger partial charge < -0.3 is 19.7 Å². The van der Waals surface area contributed by atoms with E-state index in [1.807, 2.05) is 24.3 Å². The molecule has 0 atom stereocenters. The SMILES string of the molecule is COC(=O)c1ccc(N2CCC(COCCNCC(C)C)CC2)cc1. The van der Waals surface area contributed by atoms with Gasteiger partial charge in [-0.05, 0) is 55.5 Å². The van der Waals surface area contributed by atoms with Crippen molar-refractivity contribution in [3.8, 4) is 0 Å². The Morgan fingerprint density at radius 3 is 2.52 bits per heavy atom. The molecule has 0 bridgehead atoms. The van der Waals surface area contributed by atoms with Crippen molar-refractivity contribution in [1.82, 2.24) is 5.32 Å². The lowest BCUT2D eigenvalue weighted by Crippen LogP contribution is -2.35. The smallest absolute Gasteiger partial charge is 0.337 e. The Balaban J connectivity index is 1.65. The number of carbonyl (C=O) groups excluding carboxylic acids is 1. The van der Waals surface area contributed by atoms with Gasteiger partial charge in [0.05, 0.1) is 19.3 Å². The number of methoxy groups -OCH3 is 1. The summed E-state index contributed by atoms with van der Waals surface area (Å²) in [6, 6.07) is 7.67. The molecular weight excluding hydrogens is 316 g/mol. The first kappa shape index (κ1) is 19.7. The Hall–Kier alpha value is -1.59.